The van der Waals surface area contributed by atoms with E-state index in [1.807, 2.05) is 0 Å². The van der Waals surface area contributed by atoms with Gasteiger partial charge in [0.1, 0.15) is 11.5 Å². The Bertz CT molecular complexity index is 955. The van der Waals surface area contributed by atoms with Crippen molar-refractivity contribution in [1.29, 1.82) is 5.26 Å². The third-order valence-corrected chi connectivity index (χ3v) is 6.05. The molecule has 0 aliphatic heterocycles. The molecule has 0 saturated heterocycles. The first-order valence-corrected chi connectivity index (χ1v) is 11.3. The molecule has 0 atom stereocenters. The van der Waals surface area contributed by atoms with Gasteiger partial charge in [-0.25, -0.2) is 8.42 Å². The number of benzene rings is 2. The maximum Gasteiger partial charge on any atom is 0.191 e. The first-order chi connectivity index (χ1) is 13.1. The molecule has 0 aromatic heterocycles. The molecule has 0 aliphatic rings. The zero-order valence-electron chi connectivity index (χ0n) is 18.2. The standard InChI is InChI=1S/C15H24O.C8H6ClNO2S/c1-10-8-11(14(2,3)4)13(16)12(9-10)15(5,6)7;9-7-1-3-8(4-2-7)13(11,12)6-5-10/h8-9,16H,1-7H3;1-4H,6H2. The molecule has 6 heteroatoms. The number of aryl methyl sites for hydroxylation is 1. The van der Waals surface area contributed by atoms with Gasteiger partial charge in [0.15, 0.2) is 9.84 Å². The maximum absolute atomic E-state index is 11.3. The lowest BCUT2D eigenvalue weighted by Crippen LogP contribution is -2.17. The molecule has 0 spiro atoms. The van der Waals surface area contributed by atoms with Crippen molar-refractivity contribution >= 4 is 21.4 Å². The van der Waals surface area contributed by atoms with Crippen LogP contribution in [0, 0.1) is 18.3 Å². The first-order valence-electron chi connectivity index (χ1n) is 9.29. The summed E-state index contributed by atoms with van der Waals surface area (Å²) in [5, 5.41) is 19.1. The minimum atomic E-state index is -3.45. The lowest BCUT2D eigenvalue weighted by molar-refractivity contribution is 0.423. The molecular formula is C23H30ClNO3S. The van der Waals surface area contributed by atoms with Gasteiger partial charge in [-0.1, -0.05) is 70.8 Å². The number of hydrogen-bond donors (Lipinski definition) is 1. The van der Waals surface area contributed by atoms with Crippen LogP contribution in [0.2, 0.25) is 5.02 Å². The summed E-state index contributed by atoms with van der Waals surface area (Å²) in [5.74, 6) is -0.0418. The van der Waals surface area contributed by atoms with E-state index in [9.17, 15) is 13.5 Å². The number of rotatable bonds is 2. The largest absolute Gasteiger partial charge is 0.507 e. The molecule has 2 aromatic rings. The molecule has 0 amide bonds. The average molecular weight is 436 g/mol. The van der Waals surface area contributed by atoms with Crippen molar-refractivity contribution in [3.63, 3.8) is 0 Å². The van der Waals surface area contributed by atoms with Gasteiger partial charge < -0.3 is 5.11 Å². The van der Waals surface area contributed by atoms with Crippen LogP contribution in [-0.4, -0.2) is 19.3 Å². The van der Waals surface area contributed by atoms with Gasteiger partial charge in [-0.3, -0.25) is 0 Å². The van der Waals surface area contributed by atoms with E-state index >= 15 is 0 Å². The van der Waals surface area contributed by atoms with Crippen LogP contribution in [0.25, 0.3) is 0 Å². The summed E-state index contributed by atoms with van der Waals surface area (Å²) in [6.45, 7) is 14.9. The molecule has 1 N–H and O–H groups in total. The second-order valence-electron chi connectivity index (χ2n) is 9.08. The number of hydrogen-bond acceptors (Lipinski definition) is 4. The Morgan fingerprint density at radius 2 is 1.38 bits per heavy atom. The van der Waals surface area contributed by atoms with Crippen molar-refractivity contribution < 1.29 is 13.5 Å². The number of phenolic OH excluding ortho intramolecular Hbond substituents is 1. The van der Waals surface area contributed by atoms with Crippen molar-refractivity contribution in [2.45, 2.75) is 64.2 Å². The lowest BCUT2D eigenvalue weighted by Gasteiger charge is -2.27. The molecule has 29 heavy (non-hydrogen) atoms. The third-order valence-electron chi connectivity index (χ3n) is 4.30. The molecule has 0 aliphatic carbocycles. The van der Waals surface area contributed by atoms with Crippen LogP contribution in [0.15, 0.2) is 41.3 Å². The molecule has 2 rings (SSSR count). The quantitative estimate of drug-likeness (QED) is 0.633. The molecule has 0 fully saturated rings. The predicted molar refractivity (Wildman–Crippen MR) is 119 cm³/mol. The Morgan fingerprint density at radius 1 is 0.966 bits per heavy atom. The van der Waals surface area contributed by atoms with Crippen molar-refractivity contribution in [3.8, 4) is 11.8 Å². The number of sulfone groups is 1. The number of phenols is 1. The van der Waals surface area contributed by atoms with Gasteiger partial charge in [-0.15, -0.1) is 0 Å². The molecule has 158 valence electrons. The first kappa shape index (κ1) is 25.0. The van der Waals surface area contributed by atoms with Crippen LogP contribution in [-0.2, 0) is 20.7 Å². The molecular weight excluding hydrogens is 406 g/mol. The minimum Gasteiger partial charge on any atom is -0.507 e. The molecule has 4 nitrogen and oxygen atoms in total. The topological polar surface area (TPSA) is 78.2 Å². The van der Waals surface area contributed by atoms with E-state index in [0.717, 1.165) is 11.1 Å². The SMILES string of the molecule is Cc1cc(C(C)(C)C)c(O)c(C(C)(C)C)c1.N#CCS(=O)(=O)c1ccc(Cl)cc1. The van der Waals surface area contributed by atoms with Gasteiger partial charge >= 0.3 is 0 Å². The van der Waals surface area contributed by atoms with Crippen molar-refractivity contribution in [1.82, 2.24) is 0 Å². The van der Waals surface area contributed by atoms with Crippen molar-refractivity contribution in [3.05, 3.63) is 58.1 Å². The number of nitrogens with zero attached hydrogens (tertiary/aromatic N) is 1. The summed E-state index contributed by atoms with van der Waals surface area (Å²) in [6.07, 6.45) is 0. The summed E-state index contributed by atoms with van der Waals surface area (Å²) in [6, 6.07) is 11.5. The van der Waals surface area contributed by atoms with Crippen LogP contribution in [0.1, 0.15) is 58.2 Å². The second-order valence-corrected chi connectivity index (χ2v) is 11.5. The predicted octanol–water partition coefficient (Wildman–Crippen LogP) is 5.93. The zero-order valence-corrected chi connectivity index (χ0v) is 19.7. The monoisotopic (exact) mass is 435 g/mol. The maximum atomic E-state index is 11.3. The second kappa shape index (κ2) is 9.19. The van der Waals surface area contributed by atoms with Crippen molar-refractivity contribution in [2.75, 3.05) is 5.75 Å². The molecule has 0 unspecified atom stereocenters. The highest BCUT2D eigenvalue weighted by Gasteiger charge is 2.25. The van der Waals surface area contributed by atoms with Crippen LogP contribution < -0.4 is 0 Å². The van der Waals surface area contributed by atoms with E-state index in [1.165, 1.54) is 29.8 Å². The van der Waals surface area contributed by atoms with E-state index in [4.69, 9.17) is 16.9 Å². The molecule has 0 heterocycles. The Balaban J connectivity index is 0.000000296. The molecule has 0 radical (unpaired) electrons. The Kier molecular flexibility index (Phi) is 7.93. The smallest absolute Gasteiger partial charge is 0.191 e. The Morgan fingerprint density at radius 3 is 1.72 bits per heavy atom. The lowest BCUT2D eigenvalue weighted by atomic mass is 9.78. The fourth-order valence-electron chi connectivity index (χ4n) is 2.73. The number of aromatic hydroxyl groups is 1. The van der Waals surface area contributed by atoms with Crippen LogP contribution >= 0.6 is 11.6 Å². The zero-order chi connectivity index (χ0) is 22.6. The summed E-state index contributed by atoms with van der Waals surface area (Å²) in [5.41, 5.74) is 3.26. The highest BCUT2D eigenvalue weighted by Crippen LogP contribution is 2.39. The third kappa shape index (κ3) is 7.06. The summed E-state index contributed by atoms with van der Waals surface area (Å²) in [7, 11) is -3.45. The highest BCUT2D eigenvalue weighted by molar-refractivity contribution is 7.91. The molecule has 0 bridgehead atoms. The normalized spacial score (nSPS) is 12.0. The van der Waals surface area contributed by atoms with E-state index in [2.05, 4.69) is 60.6 Å². The Labute approximate surface area is 180 Å². The number of halogens is 1. The van der Waals surface area contributed by atoms with E-state index in [1.54, 1.807) is 6.07 Å². The molecule has 0 saturated carbocycles. The van der Waals surface area contributed by atoms with Gasteiger partial charge in [-0.2, -0.15) is 5.26 Å². The highest BCUT2D eigenvalue weighted by atomic mass is 35.5. The van der Waals surface area contributed by atoms with Gasteiger partial charge in [0.25, 0.3) is 0 Å². The van der Waals surface area contributed by atoms with Crippen LogP contribution in [0.5, 0.6) is 5.75 Å². The van der Waals surface area contributed by atoms with E-state index < -0.39 is 15.6 Å². The summed E-state index contributed by atoms with van der Waals surface area (Å²) >= 11 is 5.58. The van der Waals surface area contributed by atoms with Gasteiger partial charge in [0.05, 0.1) is 11.0 Å². The summed E-state index contributed by atoms with van der Waals surface area (Å²) < 4.78 is 22.6. The van der Waals surface area contributed by atoms with E-state index in [0.29, 0.717) is 10.8 Å². The fraction of sp³-hybridized carbons (Fsp3) is 0.435. The van der Waals surface area contributed by atoms with Gasteiger partial charge in [0.2, 0.25) is 0 Å². The van der Waals surface area contributed by atoms with Gasteiger partial charge in [0, 0.05) is 5.02 Å². The summed E-state index contributed by atoms with van der Waals surface area (Å²) in [4.78, 5) is 0.124. The van der Waals surface area contributed by atoms with E-state index in [-0.39, 0.29) is 15.7 Å². The fourth-order valence-corrected chi connectivity index (χ4v) is 3.75. The molecule has 2 aromatic carbocycles. The van der Waals surface area contributed by atoms with Crippen LogP contribution in [0.3, 0.4) is 0 Å². The van der Waals surface area contributed by atoms with Crippen molar-refractivity contribution in [2.24, 2.45) is 0 Å². The average Bonchev–Trinajstić information content (AvgIpc) is 2.55. The Hall–Kier alpha value is -2.03. The van der Waals surface area contributed by atoms with Crippen LogP contribution in [0.4, 0.5) is 0 Å². The number of nitriles is 1. The minimum absolute atomic E-state index is 0.0178. The van der Waals surface area contributed by atoms with Gasteiger partial charge in [-0.05, 0) is 53.1 Å².